The zero-order valence-electron chi connectivity index (χ0n) is 10.3. The van der Waals surface area contributed by atoms with Crippen molar-refractivity contribution < 1.29 is 22.0 Å². The van der Waals surface area contributed by atoms with E-state index in [4.69, 9.17) is 5.26 Å². The molecule has 0 aromatic heterocycles. The van der Waals surface area contributed by atoms with Gasteiger partial charge in [-0.05, 0) is 29.3 Å². The highest BCUT2D eigenvalue weighted by molar-refractivity contribution is 5.67. The molecule has 0 spiro atoms. The van der Waals surface area contributed by atoms with E-state index < -0.39 is 29.1 Å². The summed E-state index contributed by atoms with van der Waals surface area (Å²) >= 11 is 0. The van der Waals surface area contributed by atoms with Crippen molar-refractivity contribution in [2.24, 2.45) is 0 Å². The molecular formula is C15H6F5N. The zero-order chi connectivity index (χ0) is 15.6. The molecule has 0 fully saturated rings. The molecular weight excluding hydrogens is 289 g/mol. The van der Waals surface area contributed by atoms with Crippen LogP contribution in [0, 0.1) is 28.8 Å². The minimum Gasteiger partial charge on any atom is -0.206 e. The second kappa shape index (κ2) is 5.75. The summed E-state index contributed by atoms with van der Waals surface area (Å²) in [4.78, 5) is 0. The van der Waals surface area contributed by atoms with E-state index in [9.17, 15) is 22.0 Å². The van der Waals surface area contributed by atoms with Crippen LogP contribution in [0.5, 0.6) is 0 Å². The van der Waals surface area contributed by atoms with Crippen molar-refractivity contribution in [1.29, 1.82) is 5.26 Å². The zero-order valence-corrected chi connectivity index (χ0v) is 10.3. The maximum absolute atomic E-state index is 13.8. The molecule has 0 atom stereocenters. The molecule has 2 aromatic rings. The van der Waals surface area contributed by atoms with Gasteiger partial charge in [0.25, 0.3) is 6.08 Å². The van der Waals surface area contributed by atoms with E-state index in [1.807, 2.05) is 0 Å². The highest BCUT2D eigenvalue weighted by atomic mass is 19.3. The van der Waals surface area contributed by atoms with Crippen molar-refractivity contribution in [2.45, 2.75) is 0 Å². The Labute approximate surface area is 116 Å². The summed E-state index contributed by atoms with van der Waals surface area (Å²) in [5, 5.41) is 8.55. The first-order valence-corrected chi connectivity index (χ1v) is 5.64. The lowest BCUT2D eigenvalue weighted by Gasteiger charge is -2.06. The average Bonchev–Trinajstić information content (AvgIpc) is 2.37. The van der Waals surface area contributed by atoms with Crippen molar-refractivity contribution in [3.8, 4) is 17.2 Å². The van der Waals surface area contributed by atoms with Crippen LogP contribution in [0.25, 0.3) is 17.2 Å². The van der Waals surface area contributed by atoms with Gasteiger partial charge in [-0.25, -0.2) is 13.2 Å². The third-order valence-electron chi connectivity index (χ3n) is 2.73. The number of benzene rings is 2. The van der Waals surface area contributed by atoms with E-state index in [1.165, 1.54) is 12.1 Å². The van der Waals surface area contributed by atoms with Crippen LogP contribution >= 0.6 is 0 Å². The molecule has 0 aliphatic rings. The lowest BCUT2D eigenvalue weighted by Crippen LogP contribution is -1.93. The van der Waals surface area contributed by atoms with Crippen LogP contribution in [0.1, 0.15) is 11.1 Å². The highest BCUT2D eigenvalue weighted by Crippen LogP contribution is 2.27. The molecule has 0 unspecified atom stereocenters. The summed E-state index contributed by atoms with van der Waals surface area (Å²) in [6, 6.07) is 6.11. The van der Waals surface area contributed by atoms with Gasteiger partial charge in [-0.3, -0.25) is 0 Å². The smallest absolute Gasteiger partial charge is 0.206 e. The Kier molecular flexibility index (Phi) is 4.03. The first kappa shape index (κ1) is 14.7. The van der Waals surface area contributed by atoms with Crippen LogP contribution in [0.2, 0.25) is 0 Å². The Balaban J connectivity index is 2.53. The summed E-state index contributed by atoms with van der Waals surface area (Å²) in [5.41, 5.74) is -1.13. The lowest BCUT2D eigenvalue weighted by molar-refractivity contribution is 0.429. The fraction of sp³-hybridized carbons (Fsp3) is 0. The highest BCUT2D eigenvalue weighted by Gasteiger charge is 2.14. The van der Waals surface area contributed by atoms with Crippen molar-refractivity contribution in [1.82, 2.24) is 0 Å². The SMILES string of the molecule is N#Cc1c(F)cc(-c2ccc(C=C(F)F)cc2F)cc1F. The normalized spacial score (nSPS) is 10.1. The molecule has 21 heavy (non-hydrogen) atoms. The van der Waals surface area contributed by atoms with Gasteiger partial charge in [-0.2, -0.15) is 14.0 Å². The molecule has 0 radical (unpaired) electrons. The largest absolute Gasteiger partial charge is 0.270 e. The van der Waals surface area contributed by atoms with E-state index in [2.05, 4.69) is 0 Å². The summed E-state index contributed by atoms with van der Waals surface area (Å²) in [6.07, 6.45) is -1.52. The van der Waals surface area contributed by atoms with Gasteiger partial charge in [0, 0.05) is 11.6 Å². The minimum absolute atomic E-state index is 0.0779. The Morgan fingerprint density at radius 2 is 1.57 bits per heavy atom. The molecule has 0 saturated carbocycles. The first-order chi connectivity index (χ1) is 9.92. The third-order valence-corrected chi connectivity index (χ3v) is 2.73. The Bertz CT molecular complexity index is 747. The van der Waals surface area contributed by atoms with Crippen molar-refractivity contribution in [3.63, 3.8) is 0 Å². The van der Waals surface area contributed by atoms with Gasteiger partial charge in [0.2, 0.25) is 0 Å². The van der Waals surface area contributed by atoms with Crippen LogP contribution in [0.4, 0.5) is 22.0 Å². The van der Waals surface area contributed by atoms with Gasteiger partial charge in [-0.15, -0.1) is 0 Å². The molecule has 0 amide bonds. The number of halogens is 5. The fourth-order valence-electron chi connectivity index (χ4n) is 1.82. The van der Waals surface area contributed by atoms with Gasteiger partial charge >= 0.3 is 0 Å². The van der Waals surface area contributed by atoms with Gasteiger partial charge in [-0.1, -0.05) is 12.1 Å². The molecule has 0 aliphatic heterocycles. The predicted molar refractivity (Wildman–Crippen MR) is 66.7 cm³/mol. The van der Waals surface area contributed by atoms with Crippen LogP contribution in [0.15, 0.2) is 36.4 Å². The van der Waals surface area contributed by atoms with Gasteiger partial charge in [0.15, 0.2) is 0 Å². The molecule has 106 valence electrons. The maximum Gasteiger partial charge on any atom is 0.270 e. The Morgan fingerprint density at radius 3 is 2.05 bits per heavy atom. The summed E-state index contributed by atoms with van der Waals surface area (Å²) < 4.78 is 65.0. The minimum atomic E-state index is -1.99. The molecule has 6 heteroatoms. The van der Waals surface area contributed by atoms with E-state index in [0.29, 0.717) is 6.08 Å². The van der Waals surface area contributed by atoms with Crippen molar-refractivity contribution in [3.05, 3.63) is 65.0 Å². The average molecular weight is 295 g/mol. The van der Waals surface area contributed by atoms with Crippen molar-refractivity contribution in [2.75, 3.05) is 0 Å². The van der Waals surface area contributed by atoms with E-state index >= 15 is 0 Å². The molecule has 0 bridgehead atoms. The van der Waals surface area contributed by atoms with Crippen LogP contribution in [-0.2, 0) is 0 Å². The van der Waals surface area contributed by atoms with Crippen LogP contribution in [-0.4, -0.2) is 0 Å². The number of hydrogen-bond acceptors (Lipinski definition) is 1. The number of nitrogens with zero attached hydrogens (tertiary/aromatic N) is 1. The Morgan fingerprint density at radius 1 is 0.952 bits per heavy atom. The molecule has 2 aromatic carbocycles. The van der Waals surface area contributed by atoms with E-state index in [-0.39, 0.29) is 16.7 Å². The van der Waals surface area contributed by atoms with Gasteiger partial charge in [0.1, 0.15) is 29.1 Å². The van der Waals surface area contributed by atoms with Gasteiger partial charge < -0.3 is 0 Å². The fourth-order valence-corrected chi connectivity index (χ4v) is 1.82. The molecule has 0 N–H and O–H groups in total. The van der Waals surface area contributed by atoms with E-state index in [0.717, 1.165) is 24.3 Å². The van der Waals surface area contributed by atoms with E-state index in [1.54, 1.807) is 0 Å². The predicted octanol–water partition coefficient (Wildman–Crippen LogP) is 4.88. The molecule has 1 nitrogen and oxygen atoms in total. The maximum atomic E-state index is 13.8. The second-order valence-electron chi connectivity index (χ2n) is 4.10. The molecule has 0 heterocycles. The number of rotatable bonds is 2. The lowest BCUT2D eigenvalue weighted by atomic mass is 10.0. The first-order valence-electron chi connectivity index (χ1n) is 5.64. The topological polar surface area (TPSA) is 23.8 Å². The summed E-state index contributed by atoms with van der Waals surface area (Å²) in [6.45, 7) is 0. The van der Waals surface area contributed by atoms with Crippen molar-refractivity contribution >= 4 is 6.08 Å². The van der Waals surface area contributed by atoms with Gasteiger partial charge in [0.05, 0.1) is 0 Å². The van der Waals surface area contributed by atoms with Crippen LogP contribution in [0.3, 0.4) is 0 Å². The Hall–Kier alpha value is -2.68. The number of nitriles is 1. The summed E-state index contributed by atoms with van der Waals surface area (Å²) in [5.74, 6) is -3.15. The van der Waals surface area contributed by atoms with Crippen LogP contribution < -0.4 is 0 Å². The summed E-state index contributed by atoms with van der Waals surface area (Å²) in [7, 11) is 0. The number of hydrogen-bond donors (Lipinski definition) is 0. The molecule has 0 aliphatic carbocycles. The monoisotopic (exact) mass is 295 g/mol. The standard InChI is InChI=1S/C15H6F5N/c16-12-3-8(4-15(19)20)1-2-10(12)9-5-13(17)11(7-21)14(18)6-9/h1-6H. The third kappa shape index (κ3) is 3.08. The molecule has 0 saturated heterocycles. The molecule has 2 rings (SSSR count). The quantitative estimate of drug-likeness (QED) is 0.724. The second-order valence-corrected chi connectivity index (χ2v) is 4.10.